The van der Waals surface area contributed by atoms with Crippen LogP contribution in [0.5, 0.6) is 0 Å². The lowest BCUT2D eigenvalue weighted by Gasteiger charge is -2.39. The zero-order chi connectivity index (χ0) is 11.2. The maximum atomic E-state index is 12.6. The highest BCUT2D eigenvalue weighted by atomic mass is 16.2. The van der Waals surface area contributed by atoms with Crippen molar-refractivity contribution in [3.63, 3.8) is 0 Å². The summed E-state index contributed by atoms with van der Waals surface area (Å²) < 4.78 is 0. The molecule has 3 unspecified atom stereocenters. The van der Waals surface area contributed by atoms with Crippen LogP contribution >= 0.6 is 0 Å². The molecule has 1 N–H and O–H groups in total. The monoisotopic (exact) mass is 222 g/mol. The fourth-order valence-electron chi connectivity index (χ4n) is 3.76. The van der Waals surface area contributed by atoms with Gasteiger partial charge < -0.3 is 10.2 Å². The van der Waals surface area contributed by atoms with E-state index in [0.29, 0.717) is 11.9 Å². The summed E-state index contributed by atoms with van der Waals surface area (Å²) >= 11 is 0. The van der Waals surface area contributed by atoms with Crippen molar-refractivity contribution in [1.82, 2.24) is 10.2 Å². The highest BCUT2D eigenvalue weighted by Crippen LogP contribution is 2.40. The first-order chi connectivity index (χ1) is 7.69. The predicted molar refractivity (Wildman–Crippen MR) is 63.1 cm³/mol. The van der Waals surface area contributed by atoms with Gasteiger partial charge in [0.25, 0.3) is 0 Å². The molecule has 16 heavy (non-hydrogen) atoms. The summed E-state index contributed by atoms with van der Waals surface area (Å²) in [6, 6.07) is 0.580. The number of hydrogen-bond donors (Lipinski definition) is 1. The van der Waals surface area contributed by atoms with Gasteiger partial charge in [-0.25, -0.2) is 0 Å². The Bertz CT molecular complexity index is 296. The molecule has 0 aromatic rings. The van der Waals surface area contributed by atoms with Crippen LogP contribution in [0.2, 0.25) is 0 Å². The van der Waals surface area contributed by atoms with Crippen molar-refractivity contribution in [3.05, 3.63) is 0 Å². The number of hydrogen-bond acceptors (Lipinski definition) is 2. The summed E-state index contributed by atoms with van der Waals surface area (Å²) in [5, 5.41) is 3.38. The third-order valence-corrected chi connectivity index (χ3v) is 4.78. The Morgan fingerprint density at radius 1 is 1.44 bits per heavy atom. The zero-order valence-electron chi connectivity index (χ0n) is 10.2. The number of likely N-dealkylation sites (tertiary alicyclic amines) is 1. The van der Waals surface area contributed by atoms with Crippen molar-refractivity contribution in [2.75, 3.05) is 19.6 Å². The highest BCUT2D eigenvalue weighted by molar-refractivity contribution is 5.83. The van der Waals surface area contributed by atoms with Crippen LogP contribution in [0, 0.1) is 11.3 Å². The molecule has 3 rings (SSSR count). The zero-order valence-corrected chi connectivity index (χ0v) is 10.2. The number of rotatable bonds is 1. The van der Waals surface area contributed by atoms with Crippen molar-refractivity contribution in [3.8, 4) is 0 Å². The lowest BCUT2D eigenvalue weighted by Crippen LogP contribution is -2.52. The third-order valence-electron chi connectivity index (χ3n) is 4.78. The van der Waals surface area contributed by atoms with Gasteiger partial charge in [0.2, 0.25) is 5.91 Å². The number of piperidine rings is 2. The molecule has 3 aliphatic rings. The van der Waals surface area contributed by atoms with Crippen molar-refractivity contribution in [2.24, 2.45) is 11.3 Å². The van der Waals surface area contributed by atoms with Gasteiger partial charge in [-0.2, -0.15) is 0 Å². The van der Waals surface area contributed by atoms with Crippen molar-refractivity contribution in [2.45, 2.75) is 45.1 Å². The van der Waals surface area contributed by atoms with E-state index in [1.807, 2.05) is 0 Å². The number of nitrogens with zero attached hydrogens (tertiary/aromatic N) is 1. The van der Waals surface area contributed by atoms with E-state index in [9.17, 15) is 4.79 Å². The van der Waals surface area contributed by atoms with Gasteiger partial charge in [-0.05, 0) is 51.5 Å². The van der Waals surface area contributed by atoms with Crippen LogP contribution in [-0.2, 0) is 4.79 Å². The van der Waals surface area contributed by atoms with E-state index in [4.69, 9.17) is 0 Å². The molecule has 1 saturated carbocycles. The second-order valence-corrected chi connectivity index (χ2v) is 6.13. The minimum absolute atomic E-state index is 0.122. The standard InChI is InChI=1S/C13H22N2O/c1-13(5-2-6-14-9-13)12(16)15-8-10-3-4-11(15)7-10/h10-11,14H,2-9H2,1H3. The second-order valence-electron chi connectivity index (χ2n) is 6.13. The van der Waals surface area contributed by atoms with E-state index in [-0.39, 0.29) is 5.41 Å². The molecule has 1 aliphatic carbocycles. The average molecular weight is 222 g/mol. The van der Waals surface area contributed by atoms with Crippen molar-refractivity contribution in [1.29, 1.82) is 0 Å². The molecule has 2 heterocycles. The lowest BCUT2D eigenvalue weighted by molar-refractivity contribution is -0.144. The molecule has 0 radical (unpaired) electrons. The van der Waals surface area contributed by atoms with E-state index in [1.54, 1.807) is 0 Å². The van der Waals surface area contributed by atoms with E-state index in [0.717, 1.165) is 38.4 Å². The molecule has 2 saturated heterocycles. The number of carbonyl (C=O) groups excluding carboxylic acids is 1. The summed E-state index contributed by atoms with van der Waals surface area (Å²) in [6.45, 7) is 5.14. The summed E-state index contributed by atoms with van der Waals surface area (Å²) in [5.41, 5.74) is -0.122. The normalized spacial score (nSPS) is 42.7. The van der Waals surface area contributed by atoms with Crippen LogP contribution in [0.15, 0.2) is 0 Å². The Hall–Kier alpha value is -0.570. The summed E-state index contributed by atoms with van der Waals surface area (Å²) in [4.78, 5) is 14.8. The van der Waals surface area contributed by atoms with Gasteiger partial charge in [0.05, 0.1) is 5.41 Å². The molecule has 3 atom stereocenters. The fraction of sp³-hybridized carbons (Fsp3) is 0.923. The molecule has 3 heteroatoms. The predicted octanol–water partition coefficient (Wildman–Crippen LogP) is 1.39. The van der Waals surface area contributed by atoms with E-state index < -0.39 is 0 Å². The average Bonchev–Trinajstić information content (AvgIpc) is 2.90. The highest BCUT2D eigenvalue weighted by Gasteiger charge is 2.46. The molecule has 2 bridgehead atoms. The SMILES string of the molecule is CC1(C(=O)N2CC3CCC2C3)CCCNC1. The quantitative estimate of drug-likeness (QED) is 0.727. The number of carbonyl (C=O) groups is 1. The number of amides is 1. The van der Waals surface area contributed by atoms with Crippen LogP contribution in [0.4, 0.5) is 0 Å². The third kappa shape index (κ3) is 1.56. The summed E-state index contributed by atoms with van der Waals surface area (Å²) in [7, 11) is 0. The molecule has 3 nitrogen and oxygen atoms in total. The Labute approximate surface area is 97.6 Å². The molecule has 3 fully saturated rings. The Morgan fingerprint density at radius 2 is 2.31 bits per heavy atom. The van der Waals surface area contributed by atoms with Crippen LogP contribution < -0.4 is 5.32 Å². The molecule has 0 spiro atoms. The van der Waals surface area contributed by atoms with Gasteiger partial charge in [-0.3, -0.25) is 4.79 Å². The van der Waals surface area contributed by atoms with Crippen molar-refractivity contribution < 1.29 is 4.79 Å². The van der Waals surface area contributed by atoms with Gasteiger partial charge >= 0.3 is 0 Å². The first-order valence-electron chi connectivity index (χ1n) is 6.71. The van der Waals surface area contributed by atoms with E-state index in [1.165, 1.54) is 19.3 Å². The van der Waals surface area contributed by atoms with Gasteiger partial charge in [-0.15, -0.1) is 0 Å². The molecular formula is C13H22N2O. The maximum Gasteiger partial charge on any atom is 0.230 e. The van der Waals surface area contributed by atoms with E-state index >= 15 is 0 Å². The molecular weight excluding hydrogens is 200 g/mol. The first kappa shape index (κ1) is 10.6. The Balaban J connectivity index is 1.72. The van der Waals surface area contributed by atoms with Crippen molar-refractivity contribution >= 4 is 5.91 Å². The van der Waals surface area contributed by atoms with Crippen LogP contribution in [0.3, 0.4) is 0 Å². The molecule has 2 aliphatic heterocycles. The Kier molecular flexibility index (Phi) is 2.46. The molecule has 90 valence electrons. The minimum Gasteiger partial charge on any atom is -0.339 e. The van der Waals surface area contributed by atoms with Gasteiger partial charge in [0.15, 0.2) is 0 Å². The molecule has 1 amide bonds. The molecule has 0 aromatic carbocycles. The van der Waals surface area contributed by atoms with Crippen LogP contribution in [0.1, 0.15) is 39.0 Å². The number of nitrogens with one attached hydrogen (secondary N) is 1. The second kappa shape index (κ2) is 3.73. The first-order valence-corrected chi connectivity index (χ1v) is 6.71. The van der Waals surface area contributed by atoms with E-state index in [2.05, 4.69) is 17.1 Å². The van der Waals surface area contributed by atoms with Crippen LogP contribution in [-0.4, -0.2) is 36.5 Å². The van der Waals surface area contributed by atoms with Gasteiger partial charge in [0.1, 0.15) is 0 Å². The molecule has 0 aromatic heterocycles. The summed E-state index contributed by atoms with van der Waals surface area (Å²) in [6.07, 6.45) is 6.08. The van der Waals surface area contributed by atoms with Gasteiger partial charge in [-0.1, -0.05) is 0 Å². The summed E-state index contributed by atoms with van der Waals surface area (Å²) in [5.74, 6) is 1.24. The number of fused-ring (bicyclic) bond motifs is 2. The topological polar surface area (TPSA) is 32.3 Å². The Morgan fingerprint density at radius 3 is 2.88 bits per heavy atom. The smallest absolute Gasteiger partial charge is 0.230 e. The fourth-order valence-corrected chi connectivity index (χ4v) is 3.76. The van der Waals surface area contributed by atoms with Crippen LogP contribution in [0.25, 0.3) is 0 Å². The maximum absolute atomic E-state index is 12.6. The minimum atomic E-state index is -0.122. The largest absolute Gasteiger partial charge is 0.339 e. The van der Waals surface area contributed by atoms with Gasteiger partial charge in [0, 0.05) is 19.1 Å². The lowest BCUT2D eigenvalue weighted by atomic mass is 9.81.